The Bertz CT molecular complexity index is 555. The first-order valence-corrected chi connectivity index (χ1v) is 6.77. The molecule has 0 spiro atoms. The van der Waals surface area contributed by atoms with Crippen molar-refractivity contribution in [3.05, 3.63) is 35.0 Å². The zero-order valence-corrected chi connectivity index (χ0v) is 13.0. The maximum Gasteiger partial charge on any atom is 0.178 e. The van der Waals surface area contributed by atoms with E-state index in [2.05, 4.69) is 25.2 Å². The molecule has 19 heavy (non-hydrogen) atoms. The summed E-state index contributed by atoms with van der Waals surface area (Å²) in [5, 5.41) is 4.60. The van der Waals surface area contributed by atoms with E-state index in [1.54, 1.807) is 7.11 Å². The molecule has 0 bridgehead atoms. The van der Waals surface area contributed by atoms with Crippen LogP contribution in [0.25, 0.3) is 0 Å². The van der Waals surface area contributed by atoms with Crippen LogP contribution in [0, 0.1) is 6.92 Å². The summed E-state index contributed by atoms with van der Waals surface area (Å²) in [5.74, 6) is 0.698. The molecule has 0 aromatic heterocycles. The fraction of sp³-hybridized carbons (Fsp3) is 0.357. The third-order valence-electron chi connectivity index (χ3n) is 3.01. The van der Waals surface area contributed by atoms with Crippen LogP contribution < -0.4 is 15.0 Å². The number of halogens is 1. The van der Waals surface area contributed by atoms with Crippen molar-refractivity contribution < 1.29 is 4.74 Å². The third kappa shape index (κ3) is 2.85. The highest BCUT2D eigenvalue weighted by molar-refractivity contribution is 7.80. The van der Waals surface area contributed by atoms with Gasteiger partial charge in [-0.1, -0.05) is 11.6 Å². The quantitative estimate of drug-likeness (QED) is 0.842. The SMILES string of the molecule is COc1cc(Cl)c(C)cc1N1C=CC(C)(C)NC1=S. The van der Waals surface area contributed by atoms with Gasteiger partial charge in [-0.05, 0) is 50.7 Å². The Labute approximate surface area is 124 Å². The lowest BCUT2D eigenvalue weighted by atomic mass is 10.0. The molecule has 2 rings (SSSR count). The third-order valence-corrected chi connectivity index (χ3v) is 3.71. The lowest BCUT2D eigenvalue weighted by Gasteiger charge is -2.35. The molecule has 0 amide bonds. The first-order valence-electron chi connectivity index (χ1n) is 5.99. The summed E-state index contributed by atoms with van der Waals surface area (Å²) in [7, 11) is 1.62. The number of nitrogens with one attached hydrogen (secondary N) is 1. The summed E-state index contributed by atoms with van der Waals surface area (Å²) >= 11 is 11.5. The van der Waals surface area contributed by atoms with Gasteiger partial charge >= 0.3 is 0 Å². The van der Waals surface area contributed by atoms with Crippen LogP contribution in [-0.4, -0.2) is 17.8 Å². The molecule has 1 aromatic carbocycles. The first kappa shape index (κ1) is 14.2. The van der Waals surface area contributed by atoms with Gasteiger partial charge in [0.25, 0.3) is 0 Å². The number of methoxy groups -OCH3 is 1. The van der Waals surface area contributed by atoms with Crippen LogP contribution >= 0.6 is 23.8 Å². The van der Waals surface area contributed by atoms with Crippen molar-refractivity contribution in [2.24, 2.45) is 0 Å². The minimum atomic E-state index is -0.137. The number of thiocarbonyl (C=S) groups is 1. The van der Waals surface area contributed by atoms with Crippen LogP contribution in [0.1, 0.15) is 19.4 Å². The summed E-state index contributed by atoms with van der Waals surface area (Å²) in [6, 6.07) is 3.78. The Hall–Kier alpha value is -1.26. The van der Waals surface area contributed by atoms with Gasteiger partial charge in [0.05, 0.1) is 18.3 Å². The molecule has 5 heteroatoms. The Morgan fingerprint density at radius 3 is 2.63 bits per heavy atom. The minimum Gasteiger partial charge on any atom is -0.495 e. The molecule has 102 valence electrons. The lowest BCUT2D eigenvalue weighted by molar-refractivity contribution is 0.415. The van der Waals surface area contributed by atoms with Crippen LogP contribution in [0.5, 0.6) is 5.75 Å². The van der Waals surface area contributed by atoms with Gasteiger partial charge in [0, 0.05) is 17.3 Å². The van der Waals surface area contributed by atoms with Crippen molar-refractivity contribution in [1.29, 1.82) is 0 Å². The largest absolute Gasteiger partial charge is 0.495 e. The molecular formula is C14H17ClN2OS. The number of benzene rings is 1. The Morgan fingerprint density at radius 2 is 2.05 bits per heavy atom. The molecule has 1 heterocycles. The van der Waals surface area contributed by atoms with Gasteiger partial charge in [-0.3, -0.25) is 4.90 Å². The fourth-order valence-corrected chi connectivity index (χ4v) is 2.47. The van der Waals surface area contributed by atoms with Crippen LogP contribution in [0.4, 0.5) is 5.69 Å². The van der Waals surface area contributed by atoms with E-state index in [1.807, 2.05) is 30.2 Å². The molecule has 0 atom stereocenters. The average Bonchev–Trinajstić information content (AvgIpc) is 2.31. The van der Waals surface area contributed by atoms with E-state index in [4.69, 9.17) is 28.6 Å². The normalized spacial score (nSPS) is 17.3. The summed E-state index contributed by atoms with van der Waals surface area (Å²) < 4.78 is 5.39. The van der Waals surface area contributed by atoms with Crippen LogP contribution in [0.2, 0.25) is 5.02 Å². The minimum absolute atomic E-state index is 0.137. The van der Waals surface area contributed by atoms with Gasteiger partial charge in [0.1, 0.15) is 5.75 Å². The Kier molecular flexibility index (Phi) is 3.74. The smallest absolute Gasteiger partial charge is 0.178 e. The number of anilines is 1. The monoisotopic (exact) mass is 296 g/mol. The Morgan fingerprint density at radius 1 is 1.37 bits per heavy atom. The summed E-state index contributed by atoms with van der Waals surface area (Å²) in [5.41, 5.74) is 1.73. The van der Waals surface area contributed by atoms with E-state index in [-0.39, 0.29) is 5.54 Å². The highest BCUT2D eigenvalue weighted by Crippen LogP contribution is 2.35. The molecule has 1 aliphatic rings. The van der Waals surface area contributed by atoms with Crippen molar-refractivity contribution in [1.82, 2.24) is 5.32 Å². The highest BCUT2D eigenvalue weighted by atomic mass is 35.5. The molecule has 3 nitrogen and oxygen atoms in total. The zero-order valence-electron chi connectivity index (χ0n) is 11.5. The average molecular weight is 297 g/mol. The number of ether oxygens (including phenoxy) is 1. The standard InChI is InChI=1S/C14H17ClN2OS/c1-9-7-11(12(18-4)8-10(9)15)17-6-5-14(2,3)16-13(17)19/h5-8H,1-4H3,(H,16,19). The first-order chi connectivity index (χ1) is 8.84. The second-order valence-corrected chi connectivity index (χ2v) is 5.90. The summed E-state index contributed by atoms with van der Waals surface area (Å²) in [6.07, 6.45) is 4.02. The summed E-state index contributed by atoms with van der Waals surface area (Å²) in [4.78, 5) is 1.89. The van der Waals surface area contributed by atoms with Gasteiger partial charge in [0.2, 0.25) is 0 Å². The van der Waals surface area contributed by atoms with Crippen LogP contribution in [0.15, 0.2) is 24.4 Å². The van der Waals surface area contributed by atoms with E-state index in [0.717, 1.165) is 11.3 Å². The van der Waals surface area contributed by atoms with Crippen LogP contribution in [-0.2, 0) is 0 Å². The lowest BCUT2D eigenvalue weighted by Crippen LogP contribution is -2.51. The Balaban J connectivity index is 2.48. The van der Waals surface area contributed by atoms with Crippen molar-refractivity contribution in [2.45, 2.75) is 26.3 Å². The van der Waals surface area contributed by atoms with Gasteiger partial charge in [-0.2, -0.15) is 0 Å². The molecule has 0 fully saturated rings. The number of aryl methyl sites for hydroxylation is 1. The molecule has 0 radical (unpaired) electrons. The fourth-order valence-electron chi connectivity index (χ4n) is 1.90. The van der Waals surface area contributed by atoms with E-state index < -0.39 is 0 Å². The molecular weight excluding hydrogens is 280 g/mol. The van der Waals surface area contributed by atoms with E-state index >= 15 is 0 Å². The number of hydrogen-bond donors (Lipinski definition) is 1. The van der Waals surface area contributed by atoms with Crippen molar-refractivity contribution in [3.63, 3.8) is 0 Å². The van der Waals surface area contributed by atoms with Gasteiger partial charge in [0.15, 0.2) is 5.11 Å². The second-order valence-electron chi connectivity index (χ2n) is 5.11. The second kappa shape index (κ2) is 5.02. The molecule has 0 saturated carbocycles. The highest BCUT2D eigenvalue weighted by Gasteiger charge is 2.25. The molecule has 0 aliphatic carbocycles. The van der Waals surface area contributed by atoms with Gasteiger partial charge in [-0.25, -0.2) is 0 Å². The van der Waals surface area contributed by atoms with E-state index in [9.17, 15) is 0 Å². The zero-order chi connectivity index (χ0) is 14.2. The summed E-state index contributed by atoms with van der Waals surface area (Å²) in [6.45, 7) is 6.09. The maximum atomic E-state index is 6.12. The van der Waals surface area contributed by atoms with Gasteiger partial charge < -0.3 is 10.1 Å². The van der Waals surface area contributed by atoms with Crippen molar-refractivity contribution in [3.8, 4) is 5.75 Å². The molecule has 0 saturated heterocycles. The molecule has 1 N–H and O–H groups in total. The molecule has 1 aromatic rings. The van der Waals surface area contributed by atoms with Crippen molar-refractivity contribution in [2.75, 3.05) is 12.0 Å². The molecule has 0 unspecified atom stereocenters. The van der Waals surface area contributed by atoms with E-state index in [1.165, 1.54) is 0 Å². The topological polar surface area (TPSA) is 24.5 Å². The molecule has 1 aliphatic heterocycles. The van der Waals surface area contributed by atoms with Crippen LogP contribution in [0.3, 0.4) is 0 Å². The number of hydrogen-bond acceptors (Lipinski definition) is 2. The maximum absolute atomic E-state index is 6.12. The number of rotatable bonds is 2. The van der Waals surface area contributed by atoms with Gasteiger partial charge in [-0.15, -0.1) is 0 Å². The van der Waals surface area contributed by atoms with E-state index in [0.29, 0.717) is 15.9 Å². The predicted molar refractivity (Wildman–Crippen MR) is 84.2 cm³/mol. The predicted octanol–water partition coefficient (Wildman–Crippen LogP) is 3.64. The number of nitrogens with zero attached hydrogens (tertiary/aromatic N) is 1. The van der Waals surface area contributed by atoms with Crippen molar-refractivity contribution >= 4 is 34.6 Å².